The quantitative estimate of drug-likeness (QED) is 0.759. The topological polar surface area (TPSA) is 68.3 Å². The SMILES string of the molecule is Cc1ccc(C(=O)NCC(C)(C)N)o1. The van der Waals surface area contributed by atoms with Crippen molar-refractivity contribution >= 4 is 5.91 Å². The highest BCUT2D eigenvalue weighted by Crippen LogP contribution is 2.06. The van der Waals surface area contributed by atoms with E-state index in [-0.39, 0.29) is 5.91 Å². The second-order valence-corrected chi connectivity index (χ2v) is 4.08. The molecule has 0 aromatic carbocycles. The molecule has 0 saturated heterocycles. The number of rotatable bonds is 3. The van der Waals surface area contributed by atoms with E-state index < -0.39 is 5.54 Å². The highest BCUT2D eigenvalue weighted by Gasteiger charge is 2.14. The molecule has 0 saturated carbocycles. The third-order valence-electron chi connectivity index (χ3n) is 1.67. The lowest BCUT2D eigenvalue weighted by atomic mass is 10.1. The molecule has 0 aliphatic carbocycles. The normalized spacial score (nSPS) is 11.4. The Bertz CT molecular complexity index is 323. The van der Waals surface area contributed by atoms with Crippen LogP contribution in [0, 0.1) is 6.92 Å². The van der Waals surface area contributed by atoms with Crippen molar-refractivity contribution in [2.75, 3.05) is 6.54 Å². The molecule has 0 bridgehead atoms. The van der Waals surface area contributed by atoms with Gasteiger partial charge in [-0.2, -0.15) is 0 Å². The van der Waals surface area contributed by atoms with E-state index in [4.69, 9.17) is 10.2 Å². The van der Waals surface area contributed by atoms with Crippen LogP contribution in [0.4, 0.5) is 0 Å². The molecule has 0 fully saturated rings. The molecule has 1 aromatic heterocycles. The first kappa shape index (κ1) is 10.8. The van der Waals surface area contributed by atoms with E-state index in [0.717, 1.165) is 5.76 Å². The van der Waals surface area contributed by atoms with Crippen LogP contribution in [-0.2, 0) is 0 Å². The monoisotopic (exact) mass is 196 g/mol. The summed E-state index contributed by atoms with van der Waals surface area (Å²) >= 11 is 0. The number of amides is 1. The number of hydrogen-bond acceptors (Lipinski definition) is 3. The van der Waals surface area contributed by atoms with E-state index in [9.17, 15) is 4.79 Å². The Morgan fingerprint density at radius 3 is 2.64 bits per heavy atom. The van der Waals surface area contributed by atoms with Gasteiger partial charge in [0.2, 0.25) is 0 Å². The van der Waals surface area contributed by atoms with Gasteiger partial charge < -0.3 is 15.5 Å². The Morgan fingerprint density at radius 2 is 2.21 bits per heavy atom. The van der Waals surface area contributed by atoms with Crippen molar-refractivity contribution < 1.29 is 9.21 Å². The van der Waals surface area contributed by atoms with E-state index in [0.29, 0.717) is 12.3 Å². The number of nitrogens with two attached hydrogens (primary N) is 1. The molecule has 0 aliphatic rings. The Morgan fingerprint density at radius 1 is 1.57 bits per heavy atom. The van der Waals surface area contributed by atoms with Crippen molar-refractivity contribution in [3.8, 4) is 0 Å². The molecule has 1 heterocycles. The van der Waals surface area contributed by atoms with Crippen LogP contribution in [0.2, 0.25) is 0 Å². The fraction of sp³-hybridized carbons (Fsp3) is 0.500. The van der Waals surface area contributed by atoms with Crippen LogP contribution in [-0.4, -0.2) is 18.0 Å². The van der Waals surface area contributed by atoms with Crippen molar-refractivity contribution in [2.24, 2.45) is 5.73 Å². The van der Waals surface area contributed by atoms with Gasteiger partial charge in [-0.05, 0) is 32.9 Å². The molecule has 1 aromatic rings. The predicted octanol–water partition coefficient (Wildman–Crippen LogP) is 1.06. The highest BCUT2D eigenvalue weighted by atomic mass is 16.3. The van der Waals surface area contributed by atoms with Gasteiger partial charge >= 0.3 is 0 Å². The zero-order valence-electron chi connectivity index (χ0n) is 8.76. The summed E-state index contributed by atoms with van der Waals surface area (Å²) in [6, 6.07) is 3.40. The van der Waals surface area contributed by atoms with Gasteiger partial charge in [0, 0.05) is 12.1 Å². The summed E-state index contributed by atoms with van der Waals surface area (Å²) in [6.07, 6.45) is 0. The minimum atomic E-state index is -0.405. The van der Waals surface area contributed by atoms with Crippen LogP contribution in [0.15, 0.2) is 16.5 Å². The number of furan rings is 1. The molecule has 78 valence electrons. The van der Waals surface area contributed by atoms with E-state index in [1.807, 2.05) is 13.8 Å². The largest absolute Gasteiger partial charge is 0.456 e. The number of aryl methyl sites for hydroxylation is 1. The van der Waals surface area contributed by atoms with Crippen LogP contribution in [0.3, 0.4) is 0 Å². The Labute approximate surface area is 83.5 Å². The number of carbonyl (C=O) groups is 1. The molecule has 14 heavy (non-hydrogen) atoms. The first-order chi connectivity index (χ1) is 6.38. The third-order valence-corrected chi connectivity index (χ3v) is 1.67. The van der Waals surface area contributed by atoms with Gasteiger partial charge in [-0.25, -0.2) is 0 Å². The van der Waals surface area contributed by atoms with E-state index in [1.54, 1.807) is 19.1 Å². The minimum absolute atomic E-state index is 0.225. The van der Waals surface area contributed by atoms with Gasteiger partial charge in [0.25, 0.3) is 5.91 Å². The molecule has 1 amide bonds. The second-order valence-electron chi connectivity index (χ2n) is 4.08. The fourth-order valence-corrected chi connectivity index (χ4v) is 0.952. The third kappa shape index (κ3) is 3.22. The van der Waals surface area contributed by atoms with Crippen molar-refractivity contribution in [3.63, 3.8) is 0 Å². The maximum absolute atomic E-state index is 11.4. The lowest BCUT2D eigenvalue weighted by Crippen LogP contribution is -2.45. The van der Waals surface area contributed by atoms with E-state index in [1.165, 1.54) is 0 Å². The zero-order valence-corrected chi connectivity index (χ0v) is 8.76. The number of carbonyl (C=O) groups excluding carboxylic acids is 1. The van der Waals surface area contributed by atoms with E-state index in [2.05, 4.69) is 5.32 Å². The predicted molar refractivity (Wildman–Crippen MR) is 54.0 cm³/mol. The maximum Gasteiger partial charge on any atom is 0.287 e. The van der Waals surface area contributed by atoms with Gasteiger partial charge in [-0.15, -0.1) is 0 Å². The van der Waals surface area contributed by atoms with Crippen molar-refractivity contribution in [1.82, 2.24) is 5.32 Å². The van der Waals surface area contributed by atoms with Gasteiger partial charge in [0.1, 0.15) is 5.76 Å². The lowest BCUT2D eigenvalue weighted by Gasteiger charge is -2.18. The first-order valence-electron chi connectivity index (χ1n) is 4.52. The van der Waals surface area contributed by atoms with Crippen LogP contribution in [0.1, 0.15) is 30.2 Å². The van der Waals surface area contributed by atoms with Crippen molar-refractivity contribution in [2.45, 2.75) is 26.3 Å². The van der Waals surface area contributed by atoms with Gasteiger partial charge in [-0.1, -0.05) is 0 Å². The van der Waals surface area contributed by atoms with E-state index >= 15 is 0 Å². The standard InChI is InChI=1S/C10H16N2O2/c1-7-4-5-8(14-7)9(13)12-6-10(2,3)11/h4-5H,6,11H2,1-3H3,(H,12,13). The van der Waals surface area contributed by atoms with Crippen LogP contribution in [0.5, 0.6) is 0 Å². The van der Waals surface area contributed by atoms with Gasteiger partial charge in [-0.3, -0.25) is 4.79 Å². The minimum Gasteiger partial charge on any atom is -0.456 e. The van der Waals surface area contributed by atoms with Crippen LogP contribution < -0.4 is 11.1 Å². The molecule has 0 unspecified atom stereocenters. The van der Waals surface area contributed by atoms with Crippen LogP contribution >= 0.6 is 0 Å². The van der Waals surface area contributed by atoms with Crippen LogP contribution in [0.25, 0.3) is 0 Å². The summed E-state index contributed by atoms with van der Waals surface area (Å²) in [4.78, 5) is 11.4. The Hall–Kier alpha value is -1.29. The summed E-state index contributed by atoms with van der Waals surface area (Å²) in [5, 5.41) is 2.69. The summed E-state index contributed by atoms with van der Waals surface area (Å²) in [5.74, 6) is 0.825. The lowest BCUT2D eigenvalue weighted by molar-refractivity contribution is 0.0917. The fourth-order valence-electron chi connectivity index (χ4n) is 0.952. The first-order valence-corrected chi connectivity index (χ1v) is 4.52. The molecule has 3 N–H and O–H groups in total. The molecule has 1 rings (SSSR count). The molecular weight excluding hydrogens is 180 g/mol. The molecule has 0 spiro atoms. The molecule has 4 nitrogen and oxygen atoms in total. The van der Waals surface area contributed by atoms with Gasteiger partial charge in [0.05, 0.1) is 0 Å². The molecule has 0 radical (unpaired) electrons. The maximum atomic E-state index is 11.4. The molecule has 4 heteroatoms. The summed E-state index contributed by atoms with van der Waals surface area (Å²) in [7, 11) is 0. The summed E-state index contributed by atoms with van der Waals surface area (Å²) in [5.41, 5.74) is 5.32. The average Bonchev–Trinajstić information content (AvgIpc) is 2.46. The van der Waals surface area contributed by atoms with Gasteiger partial charge in [0.15, 0.2) is 5.76 Å². The molecule has 0 aliphatic heterocycles. The molecular formula is C10H16N2O2. The summed E-state index contributed by atoms with van der Waals surface area (Å²) in [6.45, 7) is 5.91. The molecule has 0 atom stereocenters. The zero-order chi connectivity index (χ0) is 10.8. The van der Waals surface area contributed by atoms with Crippen molar-refractivity contribution in [1.29, 1.82) is 0 Å². The summed E-state index contributed by atoms with van der Waals surface area (Å²) < 4.78 is 5.16. The van der Waals surface area contributed by atoms with Crippen molar-refractivity contribution in [3.05, 3.63) is 23.7 Å². The highest BCUT2D eigenvalue weighted by molar-refractivity contribution is 5.91. The second kappa shape index (κ2) is 3.84. The number of hydrogen-bond donors (Lipinski definition) is 2. The average molecular weight is 196 g/mol. The Kier molecular flexibility index (Phi) is 2.96. The smallest absolute Gasteiger partial charge is 0.287 e. The Balaban J connectivity index is 2.52. The number of nitrogens with one attached hydrogen (secondary N) is 1.